The number of nitrogens with zero attached hydrogens (tertiary/aromatic N) is 3. The molecule has 0 fully saturated rings. The third-order valence-corrected chi connectivity index (χ3v) is 4.67. The molecule has 20 heavy (non-hydrogen) atoms. The third kappa shape index (κ3) is 2.35. The number of imidazole rings is 1. The summed E-state index contributed by atoms with van der Waals surface area (Å²) in [6.45, 7) is 2.21. The molecule has 0 radical (unpaired) electrons. The van der Waals surface area contributed by atoms with Gasteiger partial charge in [-0.05, 0) is 35.0 Å². The number of ether oxygens (including phenoxy) is 1. The van der Waals surface area contributed by atoms with Crippen LogP contribution >= 0.6 is 27.7 Å². The molecule has 0 bridgehead atoms. The smallest absolute Gasteiger partial charge is 0.330 e. The summed E-state index contributed by atoms with van der Waals surface area (Å²) >= 11 is 4.98. The minimum absolute atomic E-state index is 0.201. The summed E-state index contributed by atoms with van der Waals surface area (Å²) in [5.74, 6) is 0.475. The number of fused-ring (bicyclic) bond motifs is 1. The maximum Gasteiger partial charge on any atom is 0.330 e. The molecular weight excluding hydrogens is 342 g/mol. The van der Waals surface area contributed by atoms with Gasteiger partial charge in [0.2, 0.25) is 0 Å². The fourth-order valence-corrected chi connectivity index (χ4v) is 3.62. The normalized spacial score (nSPS) is 17.0. The van der Waals surface area contributed by atoms with Crippen molar-refractivity contribution in [3.63, 3.8) is 0 Å². The maximum atomic E-state index is 11.9. The van der Waals surface area contributed by atoms with E-state index < -0.39 is 0 Å². The average Bonchev–Trinajstić information content (AvgIpc) is 2.99. The van der Waals surface area contributed by atoms with Gasteiger partial charge < -0.3 is 9.30 Å². The average molecular weight is 354 g/mol. The summed E-state index contributed by atoms with van der Waals surface area (Å²) in [6, 6.07) is 3.52. The van der Waals surface area contributed by atoms with Gasteiger partial charge in [0.1, 0.15) is 10.6 Å². The van der Waals surface area contributed by atoms with Crippen LogP contribution in [-0.4, -0.2) is 32.9 Å². The molecule has 104 valence electrons. The van der Waals surface area contributed by atoms with Crippen molar-refractivity contribution >= 4 is 33.7 Å². The third-order valence-electron chi connectivity index (χ3n) is 3.00. The highest BCUT2D eigenvalue weighted by Gasteiger charge is 2.31. The lowest BCUT2D eigenvalue weighted by Gasteiger charge is -2.10. The van der Waals surface area contributed by atoms with Crippen LogP contribution in [0, 0.1) is 0 Å². The molecule has 3 heterocycles. The molecule has 0 spiro atoms. The lowest BCUT2D eigenvalue weighted by atomic mass is 10.2. The quantitative estimate of drug-likeness (QED) is 0.627. The highest BCUT2D eigenvalue weighted by atomic mass is 79.9. The molecule has 0 amide bonds. The van der Waals surface area contributed by atoms with Crippen molar-refractivity contribution in [2.75, 3.05) is 12.4 Å². The number of esters is 1. The number of hydrogen-bond acceptors (Lipinski definition) is 5. The zero-order valence-electron chi connectivity index (χ0n) is 10.7. The van der Waals surface area contributed by atoms with Gasteiger partial charge in [0.05, 0.1) is 12.3 Å². The molecule has 5 nitrogen and oxygen atoms in total. The largest absolute Gasteiger partial charge is 0.464 e. The molecule has 2 aromatic rings. The number of pyridine rings is 1. The molecule has 0 aliphatic carbocycles. The van der Waals surface area contributed by atoms with Crippen LogP contribution in [0.2, 0.25) is 0 Å². The van der Waals surface area contributed by atoms with Gasteiger partial charge in [-0.15, -0.1) is 0 Å². The zero-order valence-corrected chi connectivity index (χ0v) is 13.1. The van der Waals surface area contributed by atoms with Crippen molar-refractivity contribution in [2.45, 2.75) is 18.1 Å². The van der Waals surface area contributed by atoms with Crippen molar-refractivity contribution in [2.24, 2.45) is 0 Å². The number of rotatable bonds is 3. The molecular formula is C13H12BrN3O2S. The Morgan fingerprint density at radius 3 is 3.25 bits per heavy atom. The highest BCUT2D eigenvalue weighted by Crippen LogP contribution is 2.37. The molecule has 0 saturated heterocycles. The lowest BCUT2D eigenvalue weighted by molar-refractivity contribution is -0.146. The van der Waals surface area contributed by atoms with Crippen molar-refractivity contribution < 1.29 is 9.53 Å². The molecule has 0 saturated carbocycles. The number of halogens is 1. The maximum absolute atomic E-state index is 11.9. The standard InChI is InChI=1S/C13H12BrN3O2S/c1-2-19-12(18)10-7-20-13-16-9(6-17(10)13)8-4-3-5-15-11(8)14/h3-6,10H,2,7H2,1H3. The predicted molar refractivity (Wildman–Crippen MR) is 79.6 cm³/mol. The molecule has 1 aliphatic heterocycles. The summed E-state index contributed by atoms with van der Waals surface area (Å²) in [5.41, 5.74) is 1.72. The van der Waals surface area contributed by atoms with Crippen LogP contribution in [0.1, 0.15) is 13.0 Å². The van der Waals surface area contributed by atoms with Crippen LogP contribution in [0.25, 0.3) is 11.3 Å². The van der Waals surface area contributed by atoms with Gasteiger partial charge in [-0.1, -0.05) is 11.8 Å². The molecule has 1 unspecified atom stereocenters. The summed E-state index contributed by atoms with van der Waals surface area (Å²) in [5, 5.41) is 0.841. The topological polar surface area (TPSA) is 57.0 Å². The van der Waals surface area contributed by atoms with Gasteiger partial charge in [0.25, 0.3) is 0 Å². The monoisotopic (exact) mass is 353 g/mol. The fraction of sp³-hybridized carbons (Fsp3) is 0.308. The zero-order chi connectivity index (χ0) is 14.1. The number of thioether (sulfide) groups is 1. The first-order valence-electron chi connectivity index (χ1n) is 6.20. The van der Waals surface area contributed by atoms with Crippen LogP contribution in [-0.2, 0) is 9.53 Å². The predicted octanol–water partition coefficient (Wildman–Crippen LogP) is 2.92. The molecule has 3 rings (SSSR count). The Balaban J connectivity index is 1.94. The Labute approximate surface area is 128 Å². The van der Waals surface area contributed by atoms with Gasteiger partial charge in [-0.25, -0.2) is 14.8 Å². The Hall–Kier alpha value is -1.34. The van der Waals surface area contributed by atoms with Crippen molar-refractivity contribution in [3.8, 4) is 11.3 Å². The first-order valence-corrected chi connectivity index (χ1v) is 7.97. The number of hydrogen-bond donors (Lipinski definition) is 0. The van der Waals surface area contributed by atoms with Crippen molar-refractivity contribution in [1.29, 1.82) is 0 Å². The Morgan fingerprint density at radius 1 is 1.65 bits per heavy atom. The molecule has 1 atom stereocenters. The second-order valence-electron chi connectivity index (χ2n) is 4.24. The number of aromatic nitrogens is 3. The van der Waals surface area contributed by atoms with Gasteiger partial charge in [-0.3, -0.25) is 0 Å². The molecule has 0 aromatic carbocycles. The lowest BCUT2D eigenvalue weighted by Crippen LogP contribution is -2.20. The highest BCUT2D eigenvalue weighted by molar-refractivity contribution is 9.10. The fourth-order valence-electron chi connectivity index (χ4n) is 2.07. The van der Waals surface area contributed by atoms with Gasteiger partial charge in [0, 0.05) is 23.7 Å². The summed E-state index contributed by atoms with van der Waals surface area (Å²) in [6.07, 6.45) is 3.60. The molecule has 2 aromatic heterocycles. The molecule has 1 aliphatic rings. The number of carbonyl (C=O) groups excluding carboxylic acids is 1. The summed E-state index contributed by atoms with van der Waals surface area (Å²) in [4.78, 5) is 20.7. The van der Waals surface area contributed by atoms with Crippen LogP contribution in [0.15, 0.2) is 34.3 Å². The SMILES string of the molecule is CCOC(=O)C1CSc2nc(-c3cccnc3Br)cn21. The van der Waals surface area contributed by atoms with Crippen LogP contribution in [0.5, 0.6) is 0 Å². The molecule has 7 heteroatoms. The second kappa shape index (κ2) is 5.57. The van der Waals surface area contributed by atoms with E-state index in [1.54, 1.807) is 18.0 Å². The van der Waals surface area contributed by atoms with Crippen molar-refractivity contribution in [1.82, 2.24) is 14.5 Å². The van der Waals surface area contributed by atoms with Crippen LogP contribution in [0.3, 0.4) is 0 Å². The second-order valence-corrected chi connectivity index (χ2v) is 5.97. The number of carbonyl (C=O) groups is 1. The Bertz CT molecular complexity index is 659. The molecule has 0 N–H and O–H groups in total. The van der Waals surface area contributed by atoms with E-state index in [0.717, 1.165) is 21.0 Å². The van der Waals surface area contributed by atoms with E-state index in [1.165, 1.54) is 0 Å². The van der Waals surface area contributed by atoms with E-state index in [4.69, 9.17) is 4.74 Å². The Kier molecular flexibility index (Phi) is 3.80. The van der Waals surface area contributed by atoms with E-state index in [-0.39, 0.29) is 12.0 Å². The summed E-state index contributed by atoms with van der Waals surface area (Å²) < 4.78 is 7.73. The first kappa shape index (κ1) is 13.6. The van der Waals surface area contributed by atoms with E-state index in [9.17, 15) is 4.79 Å². The van der Waals surface area contributed by atoms with Gasteiger partial charge in [0.15, 0.2) is 5.16 Å². The van der Waals surface area contributed by atoms with E-state index in [0.29, 0.717) is 12.4 Å². The van der Waals surface area contributed by atoms with Crippen LogP contribution in [0.4, 0.5) is 0 Å². The Morgan fingerprint density at radius 2 is 2.50 bits per heavy atom. The van der Waals surface area contributed by atoms with Crippen LogP contribution < -0.4 is 0 Å². The van der Waals surface area contributed by atoms with E-state index in [1.807, 2.05) is 29.8 Å². The van der Waals surface area contributed by atoms with Gasteiger partial charge in [-0.2, -0.15) is 0 Å². The minimum atomic E-state index is -0.286. The minimum Gasteiger partial charge on any atom is -0.464 e. The van der Waals surface area contributed by atoms with Crippen molar-refractivity contribution in [3.05, 3.63) is 29.1 Å². The first-order chi connectivity index (χ1) is 9.70. The van der Waals surface area contributed by atoms with Gasteiger partial charge >= 0.3 is 5.97 Å². The van der Waals surface area contributed by atoms with E-state index >= 15 is 0 Å². The summed E-state index contributed by atoms with van der Waals surface area (Å²) in [7, 11) is 0. The van der Waals surface area contributed by atoms with E-state index in [2.05, 4.69) is 25.9 Å².